The van der Waals surface area contributed by atoms with Gasteiger partial charge in [-0.25, -0.2) is 28.9 Å². The molecule has 3 heterocycles. The normalized spacial score (nSPS) is 23.0. The number of esters is 3. The quantitative estimate of drug-likeness (QED) is 0.228. The Morgan fingerprint density at radius 1 is 1.14 bits per heavy atom. The molecule has 4 rings (SSSR count). The molecule has 1 aliphatic rings. The van der Waals surface area contributed by atoms with Gasteiger partial charge in [0.1, 0.15) is 11.9 Å². The van der Waals surface area contributed by atoms with Crippen LogP contribution in [0, 0.1) is 12.3 Å². The Bertz CT molecular complexity index is 1650. The Labute approximate surface area is 255 Å². The molecule has 1 fully saturated rings. The van der Waals surface area contributed by atoms with Crippen molar-refractivity contribution in [2.75, 3.05) is 11.9 Å². The molecular weight excluding hydrogens is 605 g/mol. The van der Waals surface area contributed by atoms with Crippen molar-refractivity contribution in [1.82, 2.24) is 19.5 Å². The summed E-state index contributed by atoms with van der Waals surface area (Å²) in [6.45, 7) is 5.81. The highest BCUT2D eigenvalue weighted by Gasteiger charge is 2.71. The fourth-order valence-corrected chi connectivity index (χ4v) is 4.49. The molecule has 1 aromatic carbocycles. The number of hydrogen-bond acceptors (Lipinski definition) is 12. The topological polar surface area (TPSA) is 170 Å². The van der Waals surface area contributed by atoms with E-state index >= 15 is 4.39 Å². The van der Waals surface area contributed by atoms with Crippen LogP contribution in [-0.2, 0) is 33.3 Å². The zero-order chi connectivity index (χ0) is 32.4. The van der Waals surface area contributed by atoms with Crippen LogP contribution >= 0.6 is 11.6 Å². The lowest BCUT2D eigenvalue weighted by Crippen LogP contribution is -2.54. The van der Waals surface area contributed by atoms with E-state index in [4.69, 9.17) is 41.7 Å². The fraction of sp³-hybridized carbons (Fsp3) is 0.393. The zero-order valence-corrected chi connectivity index (χ0v) is 24.9. The molecule has 1 amide bonds. The van der Waals surface area contributed by atoms with Crippen LogP contribution in [0.4, 0.5) is 15.0 Å². The van der Waals surface area contributed by atoms with Crippen molar-refractivity contribution in [3.05, 3.63) is 47.5 Å². The number of rotatable bonds is 7. The van der Waals surface area contributed by atoms with Crippen molar-refractivity contribution in [2.45, 2.75) is 64.0 Å². The molecule has 0 saturated carbocycles. The van der Waals surface area contributed by atoms with Gasteiger partial charge in [0, 0.05) is 18.9 Å². The van der Waals surface area contributed by atoms with Gasteiger partial charge in [-0.15, -0.1) is 6.42 Å². The number of hydrogen-bond donors (Lipinski definition) is 1. The standard InChI is InChI=1S/C28H27ClFN5O9/c1-7-27(42-16(3)37)23(41-15(2)36)28(30,12-40-22(38)17-8-10-18(29)11-9-17)43-24(27)35-14-33-19-20(31-13-32-21(19)35)34-25(39)44-26(4,5)6/h1,8-11,13-14,23-24H,12H2,2-6H3,(H,31,32,34,39)/t23-,24+,27+,28+/m0/s1. The Hall–Kier alpha value is -4.81. The molecule has 2 aromatic heterocycles. The van der Waals surface area contributed by atoms with Gasteiger partial charge in [0.15, 0.2) is 29.8 Å². The van der Waals surface area contributed by atoms with Crippen LogP contribution in [0.15, 0.2) is 36.9 Å². The van der Waals surface area contributed by atoms with Gasteiger partial charge in [-0.2, -0.15) is 0 Å². The van der Waals surface area contributed by atoms with Gasteiger partial charge in [-0.1, -0.05) is 11.6 Å². The largest absolute Gasteiger partial charge is 0.456 e. The highest BCUT2D eigenvalue weighted by Crippen LogP contribution is 2.50. The first-order chi connectivity index (χ1) is 20.6. The summed E-state index contributed by atoms with van der Waals surface area (Å²) >= 11 is 5.86. The van der Waals surface area contributed by atoms with Crippen molar-refractivity contribution < 1.29 is 47.3 Å². The summed E-state index contributed by atoms with van der Waals surface area (Å²) in [5.41, 5.74) is -3.34. The van der Waals surface area contributed by atoms with Gasteiger partial charge in [0.2, 0.25) is 6.10 Å². The number of carbonyl (C=O) groups is 4. The lowest BCUT2D eigenvalue weighted by Gasteiger charge is -2.33. The Morgan fingerprint density at radius 3 is 2.41 bits per heavy atom. The van der Waals surface area contributed by atoms with E-state index in [-0.39, 0.29) is 22.5 Å². The Morgan fingerprint density at radius 2 is 1.82 bits per heavy atom. The molecule has 0 aliphatic carbocycles. The number of nitrogens with one attached hydrogen (secondary N) is 1. The van der Waals surface area contributed by atoms with Crippen molar-refractivity contribution in [2.24, 2.45) is 0 Å². The average Bonchev–Trinajstić information content (AvgIpc) is 3.45. The molecule has 0 spiro atoms. The number of nitrogens with zero attached hydrogens (tertiary/aromatic N) is 4. The number of aromatic nitrogens is 4. The minimum absolute atomic E-state index is 0.00901. The van der Waals surface area contributed by atoms with Gasteiger partial charge in [-0.05, 0) is 51.0 Å². The maximum Gasteiger partial charge on any atom is 0.413 e. The molecular formula is C28H27ClFN5O9. The molecule has 232 valence electrons. The predicted molar refractivity (Wildman–Crippen MR) is 150 cm³/mol. The van der Waals surface area contributed by atoms with Gasteiger partial charge in [-0.3, -0.25) is 19.5 Å². The van der Waals surface area contributed by atoms with E-state index in [1.807, 2.05) is 0 Å². The summed E-state index contributed by atoms with van der Waals surface area (Å²) in [5.74, 6) is -4.02. The van der Waals surface area contributed by atoms with Crippen molar-refractivity contribution in [3.63, 3.8) is 0 Å². The number of imidazole rings is 1. The Kier molecular flexibility index (Phi) is 8.80. The summed E-state index contributed by atoms with van der Waals surface area (Å²) in [7, 11) is 0. The zero-order valence-electron chi connectivity index (χ0n) is 24.1. The minimum Gasteiger partial charge on any atom is -0.456 e. The third-order valence-corrected chi connectivity index (χ3v) is 6.24. The van der Waals surface area contributed by atoms with Crippen LogP contribution in [0.2, 0.25) is 5.02 Å². The molecule has 1 saturated heterocycles. The smallest absolute Gasteiger partial charge is 0.413 e. The first-order valence-electron chi connectivity index (χ1n) is 12.9. The van der Waals surface area contributed by atoms with Crippen molar-refractivity contribution in [1.29, 1.82) is 0 Å². The minimum atomic E-state index is -3.17. The van der Waals surface area contributed by atoms with Crippen LogP contribution < -0.4 is 5.32 Å². The number of halogens is 2. The molecule has 0 bridgehead atoms. The van der Waals surface area contributed by atoms with E-state index in [0.717, 1.165) is 31.1 Å². The Balaban J connectivity index is 1.77. The van der Waals surface area contributed by atoms with Crippen molar-refractivity contribution in [3.8, 4) is 12.3 Å². The van der Waals surface area contributed by atoms with E-state index < -0.39 is 60.0 Å². The van der Waals surface area contributed by atoms with Gasteiger partial charge in [0.25, 0.3) is 11.5 Å². The number of ether oxygens (including phenoxy) is 5. The predicted octanol–water partition coefficient (Wildman–Crippen LogP) is 3.75. The van der Waals surface area contributed by atoms with E-state index in [1.54, 1.807) is 20.8 Å². The monoisotopic (exact) mass is 631 g/mol. The number of carbonyl (C=O) groups excluding carboxylic acids is 4. The third kappa shape index (κ3) is 6.56. The second kappa shape index (κ2) is 12.1. The van der Waals surface area contributed by atoms with E-state index in [2.05, 4.69) is 26.2 Å². The molecule has 3 aromatic rings. The lowest BCUT2D eigenvalue weighted by atomic mass is 9.92. The molecule has 4 atom stereocenters. The lowest BCUT2D eigenvalue weighted by molar-refractivity contribution is -0.216. The summed E-state index contributed by atoms with van der Waals surface area (Å²) in [5, 5.41) is 2.80. The molecule has 14 nitrogen and oxygen atoms in total. The molecule has 0 unspecified atom stereocenters. The van der Waals surface area contributed by atoms with E-state index in [9.17, 15) is 19.2 Å². The molecule has 1 aliphatic heterocycles. The maximum absolute atomic E-state index is 16.8. The summed E-state index contributed by atoms with van der Waals surface area (Å²) < 4.78 is 44.7. The second-order valence-corrected chi connectivity index (χ2v) is 11.0. The van der Waals surface area contributed by atoms with Crippen LogP contribution in [0.3, 0.4) is 0 Å². The van der Waals surface area contributed by atoms with E-state index in [1.165, 1.54) is 24.3 Å². The van der Waals surface area contributed by atoms with E-state index in [0.29, 0.717) is 5.02 Å². The molecule has 16 heteroatoms. The molecule has 0 radical (unpaired) electrons. The van der Waals surface area contributed by atoms with Crippen molar-refractivity contribution >= 4 is 52.6 Å². The molecule has 1 N–H and O–H groups in total. The number of anilines is 1. The van der Waals surface area contributed by atoms with Crippen LogP contribution in [0.1, 0.15) is 51.2 Å². The number of benzene rings is 1. The van der Waals surface area contributed by atoms with Crippen LogP contribution in [0.25, 0.3) is 11.2 Å². The first-order valence-corrected chi connectivity index (χ1v) is 13.3. The third-order valence-electron chi connectivity index (χ3n) is 5.99. The summed E-state index contributed by atoms with van der Waals surface area (Å²) in [6.07, 6.45) is 3.21. The maximum atomic E-state index is 16.8. The fourth-order valence-electron chi connectivity index (χ4n) is 4.37. The number of alkyl halides is 1. The first kappa shape index (κ1) is 32.1. The highest BCUT2D eigenvalue weighted by atomic mass is 35.5. The van der Waals surface area contributed by atoms with Crippen LogP contribution in [-0.4, -0.2) is 73.3 Å². The number of terminal acetylenes is 1. The summed E-state index contributed by atoms with van der Waals surface area (Å²) in [4.78, 5) is 61.9. The van der Waals surface area contributed by atoms with Crippen LogP contribution in [0.5, 0.6) is 0 Å². The van der Waals surface area contributed by atoms with Gasteiger partial charge >= 0.3 is 24.0 Å². The molecule has 44 heavy (non-hydrogen) atoms. The summed E-state index contributed by atoms with van der Waals surface area (Å²) in [6, 6.07) is 5.55. The van der Waals surface area contributed by atoms with Gasteiger partial charge < -0.3 is 23.7 Å². The highest BCUT2D eigenvalue weighted by molar-refractivity contribution is 6.30. The van der Waals surface area contributed by atoms with Gasteiger partial charge in [0.05, 0.1) is 11.9 Å². The SMILES string of the molecule is C#C[C@]1(OC(C)=O)[C@H](n2cnc3c(NC(=O)OC(C)(C)C)ncnc32)O[C@](F)(COC(=O)c2ccc(Cl)cc2)[C@H]1OC(C)=O. The average molecular weight is 632 g/mol. The number of amides is 1. The number of fused-ring (bicyclic) bond motifs is 1. The second-order valence-electron chi connectivity index (χ2n) is 10.5.